The summed E-state index contributed by atoms with van der Waals surface area (Å²) in [5, 5.41) is 0. The van der Waals surface area contributed by atoms with Crippen molar-refractivity contribution in [1.29, 1.82) is 0 Å². The van der Waals surface area contributed by atoms with Crippen LogP contribution in [0.2, 0.25) is 0 Å². The van der Waals surface area contributed by atoms with Crippen LogP contribution in [0.5, 0.6) is 5.75 Å². The molecule has 2 aliphatic rings. The van der Waals surface area contributed by atoms with Gasteiger partial charge >= 0.3 is 0 Å². The lowest BCUT2D eigenvalue weighted by molar-refractivity contribution is 0.0743. The number of hydrogen-bond acceptors (Lipinski definition) is 4. The van der Waals surface area contributed by atoms with E-state index in [1.165, 1.54) is 25.7 Å². The number of methoxy groups -OCH3 is 1. The van der Waals surface area contributed by atoms with Gasteiger partial charge in [-0.25, -0.2) is 0 Å². The Hall–Kier alpha value is -2.76. The third-order valence-corrected chi connectivity index (χ3v) is 6.96. The molecule has 1 amide bonds. The van der Waals surface area contributed by atoms with Gasteiger partial charge in [-0.15, -0.1) is 0 Å². The number of carbonyl (C=O) groups is 1. The predicted molar refractivity (Wildman–Crippen MR) is 123 cm³/mol. The van der Waals surface area contributed by atoms with E-state index >= 15 is 0 Å². The molecule has 0 atom stereocenters. The van der Waals surface area contributed by atoms with Gasteiger partial charge in [0.15, 0.2) is 5.43 Å². The number of amides is 1. The molecular formula is C25H33N3O3. The first-order chi connectivity index (χ1) is 15.0. The molecule has 1 aromatic heterocycles. The maximum absolute atomic E-state index is 13.5. The largest absolute Gasteiger partial charge is 0.497 e. The minimum absolute atomic E-state index is 0.112. The van der Waals surface area contributed by atoms with Gasteiger partial charge in [0.2, 0.25) is 0 Å². The quantitative estimate of drug-likeness (QED) is 0.740. The molecule has 1 saturated heterocycles. The number of ether oxygens (including phenoxy) is 1. The number of hydrogen-bond donors (Lipinski definition) is 0. The summed E-state index contributed by atoms with van der Waals surface area (Å²) in [5.74, 6) is 1.29. The standard InChI is InChI=1S/C25H33N3O3/c1-18-15-23(29)24(22(26(18)2)16-19-7-4-5-8-19)25(30)28-13-11-27(12-14-28)20-9-6-10-21(17-20)31-3/h6,9-10,15,17,19H,4-5,7-8,11-14,16H2,1-3H3. The average molecular weight is 424 g/mol. The Morgan fingerprint density at radius 2 is 1.81 bits per heavy atom. The highest BCUT2D eigenvalue weighted by atomic mass is 16.5. The van der Waals surface area contributed by atoms with Crippen LogP contribution in [0, 0.1) is 12.8 Å². The van der Waals surface area contributed by atoms with E-state index in [9.17, 15) is 9.59 Å². The lowest BCUT2D eigenvalue weighted by atomic mass is 9.96. The summed E-state index contributed by atoms with van der Waals surface area (Å²) in [5.41, 5.74) is 3.17. The van der Waals surface area contributed by atoms with Gasteiger partial charge in [-0.3, -0.25) is 9.59 Å². The third kappa shape index (κ3) is 4.48. The van der Waals surface area contributed by atoms with E-state index < -0.39 is 0 Å². The van der Waals surface area contributed by atoms with Gasteiger partial charge in [-0.1, -0.05) is 31.7 Å². The number of pyridine rings is 1. The molecule has 2 fully saturated rings. The molecule has 1 aliphatic carbocycles. The van der Waals surface area contributed by atoms with E-state index in [-0.39, 0.29) is 11.3 Å². The third-order valence-electron chi connectivity index (χ3n) is 6.96. The maximum Gasteiger partial charge on any atom is 0.259 e. The van der Waals surface area contributed by atoms with Crippen molar-refractivity contribution >= 4 is 11.6 Å². The van der Waals surface area contributed by atoms with E-state index in [0.29, 0.717) is 24.6 Å². The molecule has 0 radical (unpaired) electrons. The molecule has 166 valence electrons. The van der Waals surface area contributed by atoms with Crippen molar-refractivity contribution in [2.24, 2.45) is 13.0 Å². The number of nitrogens with zero attached hydrogens (tertiary/aromatic N) is 3. The molecule has 1 saturated carbocycles. The van der Waals surface area contributed by atoms with Crippen molar-refractivity contribution in [3.8, 4) is 5.75 Å². The van der Waals surface area contributed by atoms with Gasteiger partial charge in [0.05, 0.1) is 7.11 Å². The van der Waals surface area contributed by atoms with Gasteiger partial charge in [0, 0.05) is 62.4 Å². The number of aromatic nitrogens is 1. The average Bonchev–Trinajstić information content (AvgIpc) is 3.30. The Morgan fingerprint density at radius 3 is 2.48 bits per heavy atom. The van der Waals surface area contributed by atoms with E-state index in [0.717, 1.165) is 42.3 Å². The molecular weight excluding hydrogens is 390 g/mol. The van der Waals surface area contributed by atoms with Gasteiger partial charge in [-0.05, 0) is 31.4 Å². The van der Waals surface area contributed by atoms with Crippen LogP contribution in [0.15, 0.2) is 35.1 Å². The smallest absolute Gasteiger partial charge is 0.259 e. The molecule has 4 rings (SSSR count). The molecule has 0 bridgehead atoms. The van der Waals surface area contributed by atoms with Gasteiger partial charge in [0.1, 0.15) is 11.3 Å². The van der Waals surface area contributed by atoms with Crippen LogP contribution < -0.4 is 15.1 Å². The highest BCUT2D eigenvalue weighted by molar-refractivity contribution is 5.95. The lowest BCUT2D eigenvalue weighted by Gasteiger charge is -2.36. The molecule has 6 heteroatoms. The van der Waals surface area contributed by atoms with Crippen molar-refractivity contribution in [2.45, 2.75) is 39.0 Å². The summed E-state index contributed by atoms with van der Waals surface area (Å²) < 4.78 is 7.39. The van der Waals surface area contributed by atoms with Crippen LogP contribution in [0.25, 0.3) is 0 Å². The zero-order chi connectivity index (χ0) is 22.0. The first kappa shape index (κ1) is 21.5. The van der Waals surface area contributed by atoms with Crippen LogP contribution in [0.4, 0.5) is 5.69 Å². The normalized spacial score (nSPS) is 17.3. The van der Waals surface area contributed by atoms with Gasteiger partial charge in [-0.2, -0.15) is 0 Å². The molecule has 0 unspecified atom stereocenters. The van der Waals surface area contributed by atoms with Crippen LogP contribution in [0.1, 0.15) is 47.4 Å². The first-order valence-electron chi connectivity index (χ1n) is 11.4. The number of piperazine rings is 1. The number of carbonyl (C=O) groups excluding carboxylic acids is 1. The second-order valence-corrected chi connectivity index (χ2v) is 8.87. The molecule has 0 N–H and O–H groups in total. The Kier molecular flexibility index (Phi) is 6.35. The highest BCUT2D eigenvalue weighted by Crippen LogP contribution is 2.29. The SMILES string of the molecule is COc1cccc(N2CCN(C(=O)c3c(CC4CCCC4)n(C)c(C)cc3=O)CC2)c1. The maximum atomic E-state index is 13.5. The second kappa shape index (κ2) is 9.16. The minimum Gasteiger partial charge on any atom is -0.497 e. The molecule has 2 aromatic rings. The molecule has 1 aromatic carbocycles. The zero-order valence-electron chi connectivity index (χ0n) is 18.9. The number of benzene rings is 1. The second-order valence-electron chi connectivity index (χ2n) is 8.87. The fraction of sp³-hybridized carbons (Fsp3) is 0.520. The molecule has 0 spiro atoms. The van der Waals surface area contributed by atoms with E-state index in [1.54, 1.807) is 13.2 Å². The number of anilines is 1. The van der Waals surface area contributed by atoms with Gasteiger partial charge < -0.3 is 19.1 Å². The Labute approximate surface area is 184 Å². The minimum atomic E-state index is -0.135. The summed E-state index contributed by atoms with van der Waals surface area (Å²) >= 11 is 0. The van der Waals surface area contributed by atoms with Crippen molar-refractivity contribution in [3.05, 3.63) is 57.5 Å². The Balaban J connectivity index is 1.53. The topological polar surface area (TPSA) is 54.8 Å². The summed E-state index contributed by atoms with van der Waals surface area (Å²) in [6.07, 6.45) is 5.70. The Bertz CT molecular complexity index is 1000. The number of aryl methyl sites for hydroxylation is 1. The fourth-order valence-corrected chi connectivity index (χ4v) is 4.97. The van der Waals surface area contributed by atoms with Crippen LogP contribution in [-0.2, 0) is 13.5 Å². The van der Waals surface area contributed by atoms with E-state index in [1.807, 2.05) is 37.1 Å². The Morgan fingerprint density at radius 1 is 1.10 bits per heavy atom. The highest BCUT2D eigenvalue weighted by Gasteiger charge is 2.29. The number of rotatable bonds is 5. The van der Waals surface area contributed by atoms with Crippen LogP contribution >= 0.6 is 0 Å². The predicted octanol–water partition coefficient (Wildman–Crippen LogP) is 3.40. The summed E-state index contributed by atoms with van der Waals surface area (Å²) in [6, 6.07) is 9.61. The van der Waals surface area contributed by atoms with Crippen LogP contribution in [-0.4, -0.2) is 48.7 Å². The van der Waals surface area contributed by atoms with Crippen molar-refractivity contribution < 1.29 is 9.53 Å². The summed E-state index contributed by atoms with van der Waals surface area (Å²) in [6.45, 7) is 4.64. The first-order valence-corrected chi connectivity index (χ1v) is 11.4. The van der Waals surface area contributed by atoms with Crippen molar-refractivity contribution in [1.82, 2.24) is 9.47 Å². The van der Waals surface area contributed by atoms with E-state index in [4.69, 9.17) is 4.74 Å². The van der Waals surface area contributed by atoms with Crippen LogP contribution in [0.3, 0.4) is 0 Å². The van der Waals surface area contributed by atoms with Gasteiger partial charge in [0.25, 0.3) is 5.91 Å². The molecule has 6 nitrogen and oxygen atoms in total. The summed E-state index contributed by atoms with van der Waals surface area (Å²) in [4.78, 5) is 30.5. The molecule has 31 heavy (non-hydrogen) atoms. The summed E-state index contributed by atoms with van der Waals surface area (Å²) in [7, 11) is 3.65. The van der Waals surface area contributed by atoms with E-state index in [2.05, 4.69) is 15.5 Å². The molecule has 2 heterocycles. The zero-order valence-corrected chi connectivity index (χ0v) is 18.9. The monoisotopic (exact) mass is 423 g/mol. The lowest BCUT2D eigenvalue weighted by Crippen LogP contribution is -2.50. The van der Waals surface area contributed by atoms with Crippen molar-refractivity contribution in [3.63, 3.8) is 0 Å². The fourth-order valence-electron chi connectivity index (χ4n) is 4.97. The molecule has 1 aliphatic heterocycles. The van der Waals surface area contributed by atoms with Crippen molar-refractivity contribution in [2.75, 3.05) is 38.2 Å².